The van der Waals surface area contributed by atoms with Crippen LogP contribution < -0.4 is 20.6 Å². The number of nitrogens with zero attached hydrogens (tertiary/aromatic N) is 3. The van der Waals surface area contributed by atoms with Gasteiger partial charge < -0.3 is 20.6 Å². The fourth-order valence-electron chi connectivity index (χ4n) is 2.47. The molecule has 4 N–H and O–H groups in total. The molecule has 3 aromatic rings. The van der Waals surface area contributed by atoms with Crippen molar-refractivity contribution in [3.05, 3.63) is 51.5 Å². The van der Waals surface area contributed by atoms with E-state index in [4.69, 9.17) is 27.4 Å². The number of nitrogens with two attached hydrogens (primary N) is 1. The Kier molecular flexibility index (Phi) is 6.26. The van der Waals surface area contributed by atoms with Crippen LogP contribution in [0.15, 0.2) is 41.1 Å². The number of H-pyrrole nitrogens is 1. The molecule has 1 aromatic carbocycles. The number of primary amides is 1. The summed E-state index contributed by atoms with van der Waals surface area (Å²) in [5.41, 5.74) is 10.1. The van der Waals surface area contributed by atoms with Gasteiger partial charge in [-0.05, 0) is 58.0 Å². The molecule has 0 atom stereocenters. The van der Waals surface area contributed by atoms with Gasteiger partial charge >= 0.3 is 0 Å². The molecular weight excluding hydrogens is 448 g/mol. The molecular formula is C17H17BrN6O3S. The number of ether oxygens (including phenoxy) is 2. The van der Waals surface area contributed by atoms with E-state index in [2.05, 4.69) is 36.5 Å². The van der Waals surface area contributed by atoms with Gasteiger partial charge in [-0.2, -0.15) is 5.10 Å². The average molecular weight is 465 g/mol. The minimum Gasteiger partial charge on any atom is -0.493 e. The van der Waals surface area contributed by atoms with Crippen molar-refractivity contribution in [2.45, 2.75) is 6.54 Å². The first kappa shape index (κ1) is 19.8. The molecule has 0 unspecified atom stereocenters. The van der Waals surface area contributed by atoms with Crippen LogP contribution in [0.1, 0.15) is 5.56 Å². The fraction of sp³-hybridized carbons (Fsp3) is 0.176. The summed E-state index contributed by atoms with van der Waals surface area (Å²) in [6.07, 6.45) is 3.37. The molecule has 2 heterocycles. The minimum atomic E-state index is -0.572. The van der Waals surface area contributed by atoms with E-state index in [0.29, 0.717) is 33.1 Å². The van der Waals surface area contributed by atoms with Crippen LogP contribution in [0.5, 0.6) is 11.5 Å². The van der Waals surface area contributed by atoms with E-state index in [9.17, 15) is 4.79 Å². The predicted octanol–water partition coefficient (Wildman–Crippen LogP) is 2.38. The number of methoxy groups -OCH3 is 1. The van der Waals surface area contributed by atoms with Gasteiger partial charge in [-0.25, -0.2) is 9.77 Å². The fourth-order valence-corrected chi connectivity index (χ4v) is 3.27. The minimum absolute atomic E-state index is 0.244. The molecule has 0 aliphatic heterocycles. The zero-order valence-corrected chi connectivity index (χ0v) is 17.2. The second-order valence-electron chi connectivity index (χ2n) is 5.62. The third-order valence-corrected chi connectivity index (χ3v) is 4.56. The molecule has 0 spiro atoms. The highest BCUT2D eigenvalue weighted by Gasteiger charge is 2.14. The molecule has 0 saturated heterocycles. The smallest absolute Gasteiger partial charge is 0.255 e. The zero-order chi connectivity index (χ0) is 20.1. The number of pyridine rings is 1. The number of carbonyl (C=O) groups excluding carboxylic acids is 1. The quantitative estimate of drug-likeness (QED) is 0.437. The van der Waals surface area contributed by atoms with E-state index in [1.165, 1.54) is 7.11 Å². The van der Waals surface area contributed by atoms with Crippen molar-refractivity contribution in [2.24, 2.45) is 5.73 Å². The zero-order valence-electron chi connectivity index (χ0n) is 14.8. The molecule has 0 radical (unpaired) electrons. The number of halogens is 1. The summed E-state index contributed by atoms with van der Waals surface area (Å²) in [5.74, 6) is 0.942. The van der Waals surface area contributed by atoms with Gasteiger partial charge in [0.2, 0.25) is 4.77 Å². The number of aromatic nitrogens is 4. The standard InChI is InChI=1S/C17H17BrN6O3S/c1-26-13-7-10(6-12(18)15(13)27-9-14(19)25)8-21-24-16(22-23-17(24)28)11-2-4-20-5-3-11/h2-7,21H,8-9H2,1H3,(H2,19,25)(H,23,28). The van der Waals surface area contributed by atoms with Crippen LogP contribution in [0.2, 0.25) is 0 Å². The van der Waals surface area contributed by atoms with Crippen LogP contribution in [0.4, 0.5) is 0 Å². The topological polar surface area (TPSA) is 120 Å². The molecule has 0 saturated carbocycles. The van der Waals surface area contributed by atoms with Crippen molar-refractivity contribution in [3.63, 3.8) is 0 Å². The van der Waals surface area contributed by atoms with Crippen LogP contribution in [0, 0.1) is 4.77 Å². The molecule has 146 valence electrons. The first-order valence-corrected chi connectivity index (χ1v) is 9.29. The Hall–Kier alpha value is -2.92. The van der Waals surface area contributed by atoms with Crippen molar-refractivity contribution in [1.82, 2.24) is 19.9 Å². The third-order valence-electron chi connectivity index (χ3n) is 3.70. The molecule has 2 aromatic heterocycles. The van der Waals surface area contributed by atoms with Crippen molar-refractivity contribution in [2.75, 3.05) is 19.1 Å². The first-order chi connectivity index (χ1) is 13.5. The Balaban J connectivity index is 1.82. The van der Waals surface area contributed by atoms with E-state index in [1.54, 1.807) is 23.1 Å². The number of carbonyl (C=O) groups is 1. The maximum absolute atomic E-state index is 11.0. The van der Waals surface area contributed by atoms with Crippen molar-refractivity contribution < 1.29 is 14.3 Å². The highest BCUT2D eigenvalue weighted by molar-refractivity contribution is 9.10. The molecule has 11 heteroatoms. The summed E-state index contributed by atoms with van der Waals surface area (Å²) in [7, 11) is 1.52. The molecule has 9 nitrogen and oxygen atoms in total. The summed E-state index contributed by atoms with van der Waals surface area (Å²) in [6, 6.07) is 7.33. The van der Waals surface area contributed by atoms with Crippen LogP contribution in [-0.2, 0) is 11.3 Å². The van der Waals surface area contributed by atoms with E-state index >= 15 is 0 Å². The lowest BCUT2D eigenvalue weighted by molar-refractivity contribution is -0.119. The third kappa shape index (κ3) is 4.49. The summed E-state index contributed by atoms with van der Waals surface area (Å²) < 4.78 is 13.5. The average Bonchev–Trinajstić information content (AvgIpc) is 3.06. The number of hydrogen-bond donors (Lipinski definition) is 3. The normalized spacial score (nSPS) is 10.5. The summed E-state index contributed by atoms with van der Waals surface area (Å²) in [5, 5.41) is 7.04. The van der Waals surface area contributed by atoms with E-state index in [0.717, 1.165) is 11.1 Å². The number of nitrogens with one attached hydrogen (secondary N) is 2. The largest absolute Gasteiger partial charge is 0.493 e. The van der Waals surface area contributed by atoms with Crippen LogP contribution in [0.3, 0.4) is 0 Å². The Morgan fingerprint density at radius 1 is 1.39 bits per heavy atom. The maximum Gasteiger partial charge on any atom is 0.255 e. The molecule has 28 heavy (non-hydrogen) atoms. The lowest BCUT2D eigenvalue weighted by Gasteiger charge is -2.15. The Morgan fingerprint density at radius 3 is 2.82 bits per heavy atom. The van der Waals surface area contributed by atoms with Gasteiger partial charge in [0.15, 0.2) is 23.9 Å². The van der Waals surface area contributed by atoms with Crippen molar-refractivity contribution in [1.29, 1.82) is 0 Å². The van der Waals surface area contributed by atoms with Crippen LogP contribution in [-0.4, -0.2) is 39.5 Å². The van der Waals surface area contributed by atoms with Crippen molar-refractivity contribution >= 4 is 34.1 Å². The number of benzene rings is 1. The van der Waals surface area contributed by atoms with Crippen LogP contribution in [0.25, 0.3) is 11.4 Å². The Bertz CT molecular complexity index is 1040. The van der Waals surface area contributed by atoms with Gasteiger partial charge in [0.25, 0.3) is 5.91 Å². The summed E-state index contributed by atoms with van der Waals surface area (Å²) in [6.45, 7) is 0.184. The maximum atomic E-state index is 11.0. The molecule has 0 aliphatic carbocycles. The van der Waals surface area contributed by atoms with Gasteiger partial charge in [-0.15, -0.1) is 0 Å². The van der Waals surface area contributed by atoms with Gasteiger partial charge in [0.05, 0.1) is 18.1 Å². The van der Waals surface area contributed by atoms with Gasteiger partial charge in [0, 0.05) is 18.0 Å². The Morgan fingerprint density at radius 2 is 2.14 bits per heavy atom. The van der Waals surface area contributed by atoms with Crippen LogP contribution >= 0.6 is 28.1 Å². The molecule has 0 fully saturated rings. The van der Waals surface area contributed by atoms with Gasteiger partial charge in [-0.3, -0.25) is 9.78 Å². The SMILES string of the molecule is COc1cc(CNn2c(-c3ccncc3)n[nH]c2=S)cc(Br)c1OCC(N)=O. The monoisotopic (exact) mass is 464 g/mol. The molecule has 3 rings (SSSR count). The number of hydrogen-bond acceptors (Lipinski definition) is 7. The second kappa shape index (κ2) is 8.85. The van der Waals surface area contributed by atoms with Gasteiger partial charge in [0.1, 0.15) is 0 Å². The molecule has 0 aliphatic rings. The van der Waals surface area contributed by atoms with Crippen molar-refractivity contribution in [3.8, 4) is 22.9 Å². The highest BCUT2D eigenvalue weighted by atomic mass is 79.9. The first-order valence-electron chi connectivity index (χ1n) is 8.08. The number of rotatable bonds is 8. The number of amides is 1. The molecule has 1 amide bonds. The summed E-state index contributed by atoms with van der Waals surface area (Å²) >= 11 is 8.75. The lowest BCUT2D eigenvalue weighted by atomic mass is 10.2. The van der Waals surface area contributed by atoms with E-state index in [-0.39, 0.29) is 6.61 Å². The van der Waals surface area contributed by atoms with Gasteiger partial charge in [-0.1, -0.05) is 0 Å². The number of aromatic amines is 1. The van der Waals surface area contributed by atoms with E-state index in [1.807, 2.05) is 18.2 Å². The van der Waals surface area contributed by atoms with E-state index < -0.39 is 5.91 Å². The highest BCUT2D eigenvalue weighted by Crippen LogP contribution is 2.36. The lowest BCUT2D eigenvalue weighted by Crippen LogP contribution is -2.20. The predicted molar refractivity (Wildman–Crippen MR) is 109 cm³/mol. The molecule has 0 bridgehead atoms. The summed E-state index contributed by atoms with van der Waals surface area (Å²) in [4.78, 5) is 15.0. The Labute approximate surface area is 174 Å². The second-order valence-corrected chi connectivity index (χ2v) is 6.86.